The van der Waals surface area contributed by atoms with E-state index in [2.05, 4.69) is 11.8 Å². The Morgan fingerprint density at radius 2 is 2.33 bits per heavy atom. The van der Waals surface area contributed by atoms with Crippen molar-refractivity contribution in [3.8, 4) is 0 Å². The number of benzene rings is 1. The van der Waals surface area contributed by atoms with Crippen molar-refractivity contribution >= 4 is 5.69 Å². The van der Waals surface area contributed by atoms with Gasteiger partial charge in [0.05, 0.1) is 6.61 Å². The quantitative estimate of drug-likeness (QED) is 0.871. The molecule has 100 valence electrons. The highest BCUT2D eigenvalue weighted by Gasteiger charge is 2.35. The number of ether oxygens (including phenoxy) is 1. The molecule has 2 N–H and O–H groups in total. The van der Waals surface area contributed by atoms with Gasteiger partial charge in [-0.1, -0.05) is 6.07 Å². The Balaban J connectivity index is 2.14. The Labute approximate surface area is 108 Å². The zero-order chi connectivity index (χ0) is 13.0. The van der Waals surface area contributed by atoms with Crippen LogP contribution < -0.4 is 10.6 Å². The fourth-order valence-electron chi connectivity index (χ4n) is 2.46. The number of hydrogen-bond donors (Lipinski definition) is 1. The van der Waals surface area contributed by atoms with Crippen molar-refractivity contribution in [1.82, 2.24) is 0 Å². The third-order valence-corrected chi connectivity index (χ3v) is 3.70. The zero-order valence-corrected chi connectivity index (χ0v) is 10.9. The summed E-state index contributed by atoms with van der Waals surface area (Å²) in [6, 6.07) is 6.72. The molecule has 1 atom stereocenters. The van der Waals surface area contributed by atoms with Crippen molar-refractivity contribution in [3.63, 3.8) is 0 Å². The largest absolute Gasteiger partial charge is 0.381 e. The van der Waals surface area contributed by atoms with E-state index in [1.54, 1.807) is 12.1 Å². The molecule has 18 heavy (non-hydrogen) atoms. The van der Waals surface area contributed by atoms with E-state index in [4.69, 9.17) is 10.5 Å². The van der Waals surface area contributed by atoms with E-state index in [1.807, 2.05) is 6.07 Å². The van der Waals surface area contributed by atoms with Gasteiger partial charge in [-0.2, -0.15) is 0 Å². The van der Waals surface area contributed by atoms with Crippen LogP contribution in [0.2, 0.25) is 0 Å². The fraction of sp³-hybridized carbons (Fsp3) is 0.571. The molecule has 0 radical (unpaired) electrons. The molecule has 3 nitrogen and oxygen atoms in total. The van der Waals surface area contributed by atoms with E-state index in [-0.39, 0.29) is 11.2 Å². The standard InChI is InChI=1S/C14H21FN2O/c1-2-17(13-5-3-4-12(15)8-13)10-14(9-16)6-7-18-11-14/h3-5,8H,2,6-7,9-11,16H2,1H3. The van der Waals surface area contributed by atoms with Crippen LogP contribution >= 0.6 is 0 Å². The molecule has 1 aliphatic rings. The summed E-state index contributed by atoms with van der Waals surface area (Å²) in [5.41, 5.74) is 6.83. The Bertz CT molecular complexity index is 391. The Morgan fingerprint density at radius 1 is 1.50 bits per heavy atom. The first kappa shape index (κ1) is 13.3. The molecule has 0 aliphatic carbocycles. The smallest absolute Gasteiger partial charge is 0.125 e. The second-order valence-electron chi connectivity index (χ2n) is 5.00. The summed E-state index contributed by atoms with van der Waals surface area (Å²) < 4.78 is 18.8. The van der Waals surface area contributed by atoms with Crippen molar-refractivity contribution < 1.29 is 9.13 Å². The number of hydrogen-bond acceptors (Lipinski definition) is 3. The maximum absolute atomic E-state index is 13.3. The average Bonchev–Trinajstić information content (AvgIpc) is 2.85. The first-order valence-electron chi connectivity index (χ1n) is 6.47. The number of anilines is 1. The van der Waals surface area contributed by atoms with Gasteiger partial charge in [-0.25, -0.2) is 4.39 Å². The van der Waals surface area contributed by atoms with E-state index in [9.17, 15) is 4.39 Å². The zero-order valence-electron chi connectivity index (χ0n) is 10.9. The van der Waals surface area contributed by atoms with Gasteiger partial charge in [-0.05, 0) is 31.5 Å². The second-order valence-corrected chi connectivity index (χ2v) is 5.00. The van der Waals surface area contributed by atoms with E-state index in [0.29, 0.717) is 13.2 Å². The third-order valence-electron chi connectivity index (χ3n) is 3.70. The minimum atomic E-state index is -0.199. The summed E-state index contributed by atoms with van der Waals surface area (Å²) in [4.78, 5) is 2.17. The minimum Gasteiger partial charge on any atom is -0.381 e. The van der Waals surface area contributed by atoms with E-state index in [1.165, 1.54) is 6.07 Å². The van der Waals surface area contributed by atoms with Gasteiger partial charge in [0.15, 0.2) is 0 Å². The Hall–Kier alpha value is -1.13. The van der Waals surface area contributed by atoms with Gasteiger partial charge in [-0.15, -0.1) is 0 Å². The lowest BCUT2D eigenvalue weighted by molar-refractivity contribution is 0.157. The van der Waals surface area contributed by atoms with Crippen LogP contribution in [0, 0.1) is 11.2 Å². The molecule has 1 fully saturated rings. The van der Waals surface area contributed by atoms with Crippen LogP contribution in [0.25, 0.3) is 0 Å². The van der Waals surface area contributed by atoms with Crippen molar-refractivity contribution in [1.29, 1.82) is 0 Å². The van der Waals surface area contributed by atoms with Gasteiger partial charge < -0.3 is 15.4 Å². The van der Waals surface area contributed by atoms with Crippen molar-refractivity contribution in [2.45, 2.75) is 13.3 Å². The van der Waals surface area contributed by atoms with Crippen LogP contribution in [0.5, 0.6) is 0 Å². The van der Waals surface area contributed by atoms with Crippen LogP contribution in [-0.4, -0.2) is 32.8 Å². The maximum atomic E-state index is 13.3. The topological polar surface area (TPSA) is 38.5 Å². The van der Waals surface area contributed by atoms with Crippen LogP contribution in [-0.2, 0) is 4.74 Å². The molecule has 0 bridgehead atoms. The SMILES string of the molecule is CCN(CC1(CN)CCOC1)c1cccc(F)c1. The second kappa shape index (κ2) is 5.67. The van der Waals surface area contributed by atoms with Gasteiger partial charge in [-0.3, -0.25) is 0 Å². The molecule has 1 heterocycles. The molecule has 1 unspecified atom stereocenters. The Morgan fingerprint density at radius 3 is 2.89 bits per heavy atom. The fourth-order valence-corrected chi connectivity index (χ4v) is 2.46. The first-order chi connectivity index (χ1) is 8.69. The van der Waals surface area contributed by atoms with Crippen LogP contribution in [0.1, 0.15) is 13.3 Å². The summed E-state index contributed by atoms with van der Waals surface area (Å²) in [5.74, 6) is -0.199. The lowest BCUT2D eigenvalue weighted by atomic mass is 9.86. The first-order valence-corrected chi connectivity index (χ1v) is 6.47. The molecule has 1 aliphatic heterocycles. The van der Waals surface area contributed by atoms with Crippen molar-refractivity contribution in [2.75, 3.05) is 37.7 Å². The molecule has 1 saturated heterocycles. The normalized spacial score (nSPS) is 23.3. The Kier molecular flexibility index (Phi) is 4.19. The molecule has 1 aromatic carbocycles. The van der Waals surface area contributed by atoms with Gasteiger partial charge in [0, 0.05) is 37.3 Å². The number of halogens is 1. The van der Waals surface area contributed by atoms with E-state index >= 15 is 0 Å². The highest BCUT2D eigenvalue weighted by molar-refractivity contribution is 5.46. The molecule has 1 aromatic rings. The van der Waals surface area contributed by atoms with Gasteiger partial charge in [0.25, 0.3) is 0 Å². The number of rotatable bonds is 5. The molecule has 0 spiro atoms. The summed E-state index contributed by atoms with van der Waals surface area (Å²) in [6.45, 7) is 5.83. The summed E-state index contributed by atoms with van der Waals surface area (Å²) in [5, 5.41) is 0. The number of nitrogens with zero attached hydrogens (tertiary/aromatic N) is 1. The summed E-state index contributed by atoms with van der Waals surface area (Å²) in [7, 11) is 0. The van der Waals surface area contributed by atoms with Crippen LogP contribution in [0.3, 0.4) is 0 Å². The van der Waals surface area contributed by atoms with Crippen molar-refractivity contribution in [2.24, 2.45) is 11.1 Å². The third kappa shape index (κ3) is 2.82. The van der Waals surface area contributed by atoms with Crippen LogP contribution in [0.4, 0.5) is 10.1 Å². The lowest BCUT2D eigenvalue weighted by Gasteiger charge is -2.34. The number of nitrogens with two attached hydrogens (primary N) is 1. The van der Waals surface area contributed by atoms with E-state index in [0.717, 1.165) is 31.8 Å². The highest BCUT2D eigenvalue weighted by atomic mass is 19.1. The monoisotopic (exact) mass is 252 g/mol. The van der Waals surface area contributed by atoms with Gasteiger partial charge >= 0.3 is 0 Å². The predicted octanol–water partition coefficient (Wildman–Crippen LogP) is 2.02. The summed E-state index contributed by atoms with van der Waals surface area (Å²) >= 11 is 0. The predicted molar refractivity (Wildman–Crippen MR) is 71.2 cm³/mol. The van der Waals surface area contributed by atoms with E-state index < -0.39 is 0 Å². The highest BCUT2D eigenvalue weighted by Crippen LogP contribution is 2.30. The molecule has 0 amide bonds. The molecular formula is C14H21FN2O. The summed E-state index contributed by atoms with van der Waals surface area (Å²) in [6.07, 6.45) is 0.981. The van der Waals surface area contributed by atoms with Crippen molar-refractivity contribution in [3.05, 3.63) is 30.1 Å². The molecular weight excluding hydrogens is 231 g/mol. The molecule has 2 rings (SSSR count). The minimum absolute atomic E-state index is 0.0162. The van der Waals surface area contributed by atoms with Crippen LogP contribution in [0.15, 0.2) is 24.3 Å². The lowest BCUT2D eigenvalue weighted by Crippen LogP contribution is -2.43. The maximum Gasteiger partial charge on any atom is 0.125 e. The van der Waals surface area contributed by atoms with Gasteiger partial charge in [0.1, 0.15) is 5.82 Å². The molecule has 0 saturated carbocycles. The average molecular weight is 252 g/mol. The molecule has 4 heteroatoms. The molecule has 0 aromatic heterocycles. The van der Waals surface area contributed by atoms with Gasteiger partial charge in [0.2, 0.25) is 0 Å².